The molecule has 5 aromatic rings. The zero-order valence-electron chi connectivity index (χ0n) is 21.0. The van der Waals surface area contributed by atoms with E-state index in [2.05, 4.69) is 32.4 Å². The van der Waals surface area contributed by atoms with E-state index in [4.69, 9.17) is 23.2 Å². The van der Waals surface area contributed by atoms with E-state index in [-0.39, 0.29) is 17.9 Å². The van der Waals surface area contributed by atoms with Gasteiger partial charge in [-0.2, -0.15) is 0 Å². The average Bonchev–Trinajstić information content (AvgIpc) is 3.38. The Morgan fingerprint density at radius 2 is 1.64 bits per heavy atom. The molecule has 1 saturated heterocycles. The van der Waals surface area contributed by atoms with Crippen LogP contribution in [0.3, 0.4) is 0 Å². The fourth-order valence-corrected chi connectivity index (χ4v) is 5.76. The molecule has 196 valence electrons. The lowest BCUT2D eigenvalue weighted by atomic mass is 9.77. The van der Waals surface area contributed by atoms with E-state index in [9.17, 15) is 4.79 Å². The third-order valence-corrected chi connectivity index (χ3v) is 7.70. The Hall–Kier alpha value is -3.94. The van der Waals surface area contributed by atoms with E-state index in [1.54, 1.807) is 18.7 Å². The second-order valence-corrected chi connectivity index (χ2v) is 10.4. The van der Waals surface area contributed by atoms with Gasteiger partial charge >= 0.3 is 0 Å². The predicted octanol–water partition coefficient (Wildman–Crippen LogP) is 6.50. The molecule has 0 spiro atoms. The summed E-state index contributed by atoms with van der Waals surface area (Å²) in [7, 11) is 0. The number of aryl methyl sites for hydroxylation is 1. The lowest BCUT2D eigenvalue weighted by Crippen LogP contribution is -2.53. The number of rotatable bonds is 9. The molecule has 1 fully saturated rings. The normalized spacial score (nSPS) is 16.9. The van der Waals surface area contributed by atoms with Crippen molar-refractivity contribution in [3.63, 3.8) is 0 Å². The van der Waals surface area contributed by atoms with Crippen molar-refractivity contribution in [1.29, 1.82) is 0 Å². The average molecular weight is 557 g/mol. The van der Waals surface area contributed by atoms with E-state index in [0.717, 1.165) is 34.3 Å². The van der Waals surface area contributed by atoms with Crippen molar-refractivity contribution in [3.8, 4) is 0 Å². The molecule has 39 heavy (non-hydrogen) atoms. The van der Waals surface area contributed by atoms with Gasteiger partial charge < -0.3 is 14.8 Å². The minimum atomic E-state index is -0.273. The topological polar surface area (TPSA) is 75.9 Å². The maximum atomic E-state index is 13.4. The number of hydrogen-bond donors (Lipinski definition) is 1. The van der Waals surface area contributed by atoms with E-state index in [1.807, 2.05) is 70.1 Å². The second kappa shape index (κ2) is 11.0. The molecule has 2 atom stereocenters. The van der Waals surface area contributed by atoms with Gasteiger partial charge in [-0.1, -0.05) is 89.9 Å². The standard InChI is InChI=1S/C30H26Cl2N6O/c31-22-12-13-23(24(32)16-22)27-25(21-10-5-2-6-11-21)30(39)38(27)15-7-14-37-19-36-26-28(34-18-35-29(26)37)33-17-20-8-3-1-4-9-20/h1-6,8-13,16,18-19,25,27H,7,14-15,17H2,(H,33,34,35)/t25-,27+/m0/s1. The maximum absolute atomic E-state index is 13.4. The Morgan fingerprint density at radius 1 is 0.872 bits per heavy atom. The fraction of sp³-hybridized carbons (Fsp3) is 0.200. The number of likely N-dealkylation sites (tertiary alicyclic amines) is 1. The predicted molar refractivity (Wildman–Crippen MR) is 154 cm³/mol. The molecule has 1 aliphatic rings. The van der Waals surface area contributed by atoms with Crippen LogP contribution in [0.2, 0.25) is 10.0 Å². The minimum Gasteiger partial charge on any atom is -0.364 e. The molecule has 3 aromatic carbocycles. The molecule has 2 aromatic heterocycles. The maximum Gasteiger partial charge on any atom is 0.233 e. The Kier molecular flexibility index (Phi) is 7.18. The van der Waals surface area contributed by atoms with E-state index in [1.165, 1.54) is 0 Å². The van der Waals surface area contributed by atoms with Crippen LogP contribution in [-0.4, -0.2) is 36.9 Å². The fourth-order valence-electron chi connectivity index (χ4n) is 5.24. The van der Waals surface area contributed by atoms with Gasteiger partial charge in [0.1, 0.15) is 11.8 Å². The number of amides is 1. The van der Waals surface area contributed by atoms with Gasteiger partial charge in [0.05, 0.1) is 18.3 Å². The smallest absolute Gasteiger partial charge is 0.233 e. The Bertz CT molecular complexity index is 1610. The molecule has 3 heterocycles. The number of benzene rings is 3. The number of halogens is 2. The summed E-state index contributed by atoms with van der Waals surface area (Å²) >= 11 is 12.8. The van der Waals surface area contributed by atoms with Crippen LogP contribution in [0.15, 0.2) is 91.5 Å². The number of carbonyl (C=O) groups excluding carboxylic acids is 1. The molecule has 0 unspecified atom stereocenters. The number of aromatic nitrogens is 4. The third kappa shape index (κ3) is 5.07. The number of β-lactam (4-membered cyclic amide) rings is 1. The first-order valence-corrected chi connectivity index (χ1v) is 13.6. The highest BCUT2D eigenvalue weighted by molar-refractivity contribution is 6.35. The van der Waals surface area contributed by atoms with E-state index in [0.29, 0.717) is 35.5 Å². The van der Waals surface area contributed by atoms with Gasteiger partial charge in [0.15, 0.2) is 11.5 Å². The second-order valence-electron chi connectivity index (χ2n) is 9.56. The summed E-state index contributed by atoms with van der Waals surface area (Å²) in [6, 6.07) is 25.4. The van der Waals surface area contributed by atoms with Gasteiger partial charge in [-0.3, -0.25) is 4.79 Å². The summed E-state index contributed by atoms with van der Waals surface area (Å²) in [5.74, 6) is 0.524. The van der Waals surface area contributed by atoms with Crippen LogP contribution in [0.4, 0.5) is 5.82 Å². The zero-order chi connectivity index (χ0) is 26.8. The lowest BCUT2D eigenvalue weighted by Gasteiger charge is -2.48. The largest absolute Gasteiger partial charge is 0.364 e. The van der Waals surface area contributed by atoms with Crippen molar-refractivity contribution < 1.29 is 4.79 Å². The van der Waals surface area contributed by atoms with Gasteiger partial charge in [0.2, 0.25) is 5.91 Å². The number of nitrogens with zero attached hydrogens (tertiary/aromatic N) is 5. The van der Waals surface area contributed by atoms with Crippen LogP contribution in [0.5, 0.6) is 0 Å². The van der Waals surface area contributed by atoms with Gasteiger partial charge in [0.25, 0.3) is 0 Å². The molecule has 7 nitrogen and oxygen atoms in total. The van der Waals surface area contributed by atoms with Gasteiger partial charge in [0, 0.05) is 29.7 Å². The molecule has 0 saturated carbocycles. The molecule has 1 aliphatic heterocycles. The molecule has 0 bridgehead atoms. The highest BCUT2D eigenvalue weighted by atomic mass is 35.5. The molecule has 0 radical (unpaired) electrons. The summed E-state index contributed by atoms with van der Waals surface area (Å²) in [5.41, 5.74) is 4.54. The number of hydrogen-bond acceptors (Lipinski definition) is 5. The number of carbonyl (C=O) groups is 1. The van der Waals surface area contributed by atoms with Crippen molar-refractivity contribution in [1.82, 2.24) is 24.4 Å². The molecule has 1 N–H and O–H groups in total. The van der Waals surface area contributed by atoms with E-state index < -0.39 is 0 Å². The number of fused-ring (bicyclic) bond motifs is 1. The Balaban J connectivity index is 1.17. The monoisotopic (exact) mass is 556 g/mol. The highest BCUT2D eigenvalue weighted by Gasteiger charge is 2.49. The van der Waals surface area contributed by atoms with Crippen LogP contribution in [0.25, 0.3) is 11.2 Å². The van der Waals surface area contributed by atoms with Crippen LogP contribution in [0.1, 0.15) is 35.1 Å². The van der Waals surface area contributed by atoms with Gasteiger partial charge in [-0.25, -0.2) is 15.0 Å². The molecule has 1 amide bonds. The van der Waals surface area contributed by atoms with Crippen molar-refractivity contribution in [2.75, 3.05) is 11.9 Å². The quantitative estimate of drug-likeness (QED) is 0.209. The summed E-state index contributed by atoms with van der Waals surface area (Å²) in [6.45, 7) is 1.89. The minimum absolute atomic E-state index is 0.0995. The van der Waals surface area contributed by atoms with Crippen LogP contribution >= 0.6 is 23.2 Å². The SMILES string of the molecule is O=C1[C@@H](c2ccccc2)[C@@H](c2ccc(Cl)cc2Cl)N1CCCn1cnc2c(NCc3ccccc3)ncnc21. The Morgan fingerprint density at radius 3 is 2.41 bits per heavy atom. The first-order chi connectivity index (χ1) is 19.1. The van der Waals surface area contributed by atoms with Crippen molar-refractivity contribution in [3.05, 3.63) is 118 Å². The van der Waals surface area contributed by atoms with Crippen LogP contribution in [-0.2, 0) is 17.9 Å². The summed E-state index contributed by atoms with van der Waals surface area (Å²) in [5, 5.41) is 4.51. The summed E-state index contributed by atoms with van der Waals surface area (Å²) in [6.07, 6.45) is 4.07. The number of imidazole rings is 1. The molecule has 0 aliphatic carbocycles. The van der Waals surface area contributed by atoms with Crippen LogP contribution in [0, 0.1) is 0 Å². The summed E-state index contributed by atoms with van der Waals surface area (Å²) < 4.78 is 2.01. The van der Waals surface area contributed by atoms with Crippen molar-refractivity contribution in [2.45, 2.75) is 31.5 Å². The highest BCUT2D eigenvalue weighted by Crippen LogP contribution is 2.48. The number of nitrogens with one attached hydrogen (secondary N) is 1. The molecule has 6 rings (SSSR count). The van der Waals surface area contributed by atoms with Gasteiger partial charge in [-0.15, -0.1) is 0 Å². The Labute approximate surface area is 236 Å². The lowest BCUT2D eigenvalue weighted by molar-refractivity contribution is -0.150. The van der Waals surface area contributed by atoms with Gasteiger partial charge in [-0.05, 0) is 35.2 Å². The van der Waals surface area contributed by atoms with Crippen molar-refractivity contribution in [2.24, 2.45) is 0 Å². The molecule has 9 heteroatoms. The van der Waals surface area contributed by atoms with E-state index >= 15 is 0 Å². The zero-order valence-corrected chi connectivity index (χ0v) is 22.6. The van der Waals surface area contributed by atoms with Crippen LogP contribution < -0.4 is 5.32 Å². The first kappa shape index (κ1) is 25.3. The molecular weight excluding hydrogens is 531 g/mol. The summed E-state index contributed by atoms with van der Waals surface area (Å²) in [4.78, 5) is 28.7. The third-order valence-electron chi connectivity index (χ3n) is 7.14. The first-order valence-electron chi connectivity index (χ1n) is 12.8. The van der Waals surface area contributed by atoms with Crippen molar-refractivity contribution >= 4 is 46.1 Å². The molecular formula is C30H26Cl2N6O. The number of anilines is 1.